The molecule has 5 aliphatic carbocycles. The monoisotopic (exact) mass is 838 g/mol. The first-order chi connectivity index (χ1) is 27.3. The lowest BCUT2D eigenvalue weighted by Gasteiger charge is -2.65. The van der Waals surface area contributed by atoms with Gasteiger partial charge in [0.15, 0.2) is 24.8 Å². The second kappa shape index (κ2) is 14.5. The maximum absolute atomic E-state index is 12.3. The minimum atomic E-state index is -1.49. The van der Waals surface area contributed by atoms with Crippen LogP contribution in [0.2, 0.25) is 0 Å². The largest absolute Gasteiger partial charge is 0.455 e. The van der Waals surface area contributed by atoms with Crippen molar-refractivity contribution in [3.05, 3.63) is 0 Å². The van der Waals surface area contributed by atoms with E-state index in [1.165, 1.54) is 13.8 Å². The van der Waals surface area contributed by atoms with Crippen LogP contribution in [0.4, 0.5) is 0 Å². The third-order valence-corrected chi connectivity index (χ3v) is 17.8. The van der Waals surface area contributed by atoms with Crippen molar-refractivity contribution in [1.29, 1.82) is 0 Å². The molecular formula is C44H70O15. The lowest BCUT2D eigenvalue weighted by molar-refractivity contribution is -0.327. The summed E-state index contributed by atoms with van der Waals surface area (Å²) in [5.74, 6) is -1.47. The van der Waals surface area contributed by atoms with Crippen LogP contribution in [-0.2, 0) is 42.7 Å². The average Bonchev–Trinajstić information content (AvgIpc) is 3.49. The molecule has 59 heavy (non-hydrogen) atoms. The summed E-state index contributed by atoms with van der Waals surface area (Å²) in [6.07, 6.45) is -5.24. The molecule has 8 aliphatic rings. The number of carbonyl (C=O) groups excluding carboxylic acids is 2. The fourth-order valence-corrected chi connectivity index (χ4v) is 15.2. The highest BCUT2D eigenvalue weighted by atomic mass is 16.7. The van der Waals surface area contributed by atoms with Gasteiger partial charge in [-0.05, 0) is 117 Å². The standard InChI is InChI=1S/C44H70O15/c1-21(45)55-32-25(49)19-54-37(33(32)56-22(2)46)58-28-11-13-44-20-43(44)15-14-40(7)34(42(9)12-10-29(59-42)39(5,6)52)23(47)17-41(40,8)27(43)16-26(35(44)38(28,3)4)57-36-31(51)30(50)24(48)18-53-36/h23-37,47-52H,10-20H2,1-9H3/t23-,24+,25-,26+,27+,28-,29+,30+,31+,32-,33-,34-,35+,36+,37-,40-,41+,42+,43+,44-/m1/s1. The Bertz CT molecular complexity index is 1630. The number of hydrogen-bond donors (Lipinski definition) is 6. The molecule has 5 saturated carbocycles. The van der Waals surface area contributed by atoms with Gasteiger partial charge >= 0.3 is 11.9 Å². The SMILES string of the molecule is CC(=O)O[C@H]1[C@@H](O[C@@H]2CC[C@]34C[C@]35CC[C@]3(C)[C@H]([C@]6(C)CC[C@@H](C(C)(C)O)O6)[C@H](O)C[C@@]3(C)[C@@H]5C[C@H](O[C@@H]3OC[C@H](O)[C@H](O)[C@@H]3O)[C@H]4C2(C)C)OC[C@@H](O)[C@H]1OC(C)=O. The van der Waals surface area contributed by atoms with Crippen molar-refractivity contribution in [2.75, 3.05) is 13.2 Å². The first-order valence-electron chi connectivity index (χ1n) is 22.0. The fraction of sp³-hybridized carbons (Fsp3) is 0.955. The molecule has 15 nitrogen and oxygen atoms in total. The maximum atomic E-state index is 12.3. The van der Waals surface area contributed by atoms with Crippen molar-refractivity contribution in [2.24, 2.45) is 44.8 Å². The normalized spacial score (nSPS) is 54.0. The van der Waals surface area contributed by atoms with E-state index < -0.39 is 96.1 Å². The van der Waals surface area contributed by atoms with E-state index in [1.807, 2.05) is 0 Å². The van der Waals surface area contributed by atoms with Gasteiger partial charge in [0.1, 0.15) is 24.4 Å². The van der Waals surface area contributed by atoms with Gasteiger partial charge in [-0.1, -0.05) is 27.7 Å². The van der Waals surface area contributed by atoms with E-state index in [2.05, 4.69) is 34.6 Å². The minimum absolute atomic E-state index is 0.0659. The van der Waals surface area contributed by atoms with E-state index in [1.54, 1.807) is 13.8 Å². The first kappa shape index (κ1) is 44.1. The van der Waals surface area contributed by atoms with Gasteiger partial charge in [-0.15, -0.1) is 0 Å². The molecule has 3 aliphatic heterocycles. The number of esters is 2. The summed E-state index contributed by atoms with van der Waals surface area (Å²) in [5.41, 5.74) is -3.16. The van der Waals surface area contributed by atoms with Gasteiger partial charge in [-0.25, -0.2) is 0 Å². The van der Waals surface area contributed by atoms with Crippen LogP contribution in [0.1, 0.15) is 120 Å². The maximum Gasteiger partial charge on any atom is 0.303 e. The highest BCUT2D eigenvalue weighted by Gasteiger charge is 2.85. The second-order valence-electron chi connectivity index (χ2n) is 21.8. The molecule has 0 aromatic heterocycles. The summed E-state index contributed by atoms with van der Waals surface area (Å²) in [4.78, 5) is 24.4. The third-order valence-electron chi connectivity index (χ3n) is 17.8. The molecule has 0 amide bonds. The zero-order valence-electron chi connectivity index (χ0n) is 36.3. The molecule has 2 spiro atoms. The van der Waals surface area contributed by atoms with Crippen LogP contribution in [0.15, 0.2) is 0 Å². The average molecular weight is 839 g/mol. The van der Waals surface area contributed by atoms with Gasteiger partial charge in [-0.3, -0.25) is 9.59 Å². The quantitative estimate of drug-likeness (QED) is 0.153. The summed E-state index contributed by atoms with van der Waals surface area (Å²) < 4.78 is 43.5. The van der Waals surface area contributed by atoms with E-state index in [4.69, 9.17) is 33.2 Å². The molecule has 8 fully saturated rings. The molecule has 8 rings (SSSR count). The molecule has 6 N–H and O–H groups in total. The highest BCUT2D eigenvalue weighted by Crippen LogP contribution is 2.89. The Morgan fingerprint density at radius 2 is 1.34 bits per heavy atom. The van der Waals surface area contributed by atoms with Crippen molar-refractivity contribution in [3.63, 3.8) is 0 Å². The van der Waals surface area contributed by atoms with Gasteiger partial charge in [-0.2, -0.15) is 0 Å². The van der Waals surface area contributed by atoms with Crippen LogP contribution >= 0.6 is 0 Å². The lowest BCUT2D eigenvalue weighted by Crippen LogP contribution is -2.65. The Kier molecular flexibility index (Phi) is 10.9. The summed E-state index contributed by atoms with van der Waals surface area (Å²) in [6.45, 7) is 16.7. The van der Waals surface area contributed by atoms with Crippen molar-refractivity contribution in [2.45, 2.75) is 205 Å². The zero-order valence-corrected chi connectivity index (χ0v) is 36.3. The Hall–Kier alpha value is -1.50. The Morgan fingerprint density at radius 3 is 1.98 bits per heavy atom. The van der Waals surface area contributed by atoms with E-state index in [0.717, 1.165) is 32.1 Å². The number of fused-ring (bicyclic) bond motifs is 2. The van der Waals surface area contributed by atoms with Crippen LogP contribution < -0.4 is 0 Å². The van der Waals surface area contributed by atoms with E-state index in [0.29, 0.717) is 25.7 Å². The minimum Gasteiger partial charge on any atom is -0.455 e. The summed E-state index contributed by atoms with van der Waals surface area (Å²) in [5, 5.41) is 66.3. The molecule has 0 aromatic carbocycles. The van der Waals surface area contributed by atoms with Crippen LogP contribution in [-0.4, -0.2) is 141 Å². The topological polar surface area (TPSA) is 220 Å². The van der Waals surface area contributed by atoms with Crippen molar-refractivity contribution >= 4 is 11.9 Å². The summed E-state index contributed by atoms with van der Waals surface area (Å²) >= 11 is 0. The molecule has 3 heterocycles. The van der Waals surface area contributed by atoms with Crippen molar-refractivity contribution in [3.8, 4) is 0 Å². The van der Waals surface area contributed by atoms with Crippen molar-refractivity contribution in [1.82, 2.24) is 0 Å². The predicted molar refractivity (Wildman–Crippen MR) is 207 cm³/mol. The Labute approximate surface area is 347 Å². The number of carbonyl (C=O) groups is 2. The number of hydrogen-bond acceptors (Lipinski definition) is 15. The van der Waals surface area contributed by atoms with Gasteiger partial charge < -0.3 is 63.8 Å². The van der Waals surface area contributed by atoms with E-state index in [9.17, 15) is 40.2 Å². The van der Waals surface area contributed by atoms with Gasteiger partial charge in [0, 0.05) is 19.8 Å². The first-order valence-corrected chi connectivity index (χ1v) is 22.0. The number of ether oxygens (including phenoxy) is 7. The molecule has 15 heteroatoms. The smallest absolute Gasteiger partial charge is 0.303 e. The van der Waals surface area contributed by atoms with Crippen LogP contribution in [0.25, 0.3) is 0 Å². The lowest BCUT2D eigenvalue weighted by atomic mass is 9.41. The summed E-state index contributed by atoms with van der Waals surface area (Å²) in [7, 11) is 0. The fourth-order valence-electron chi connectivity index (χ4n) is 15.2. The molecule has 3 saturated heterocycles. The van der Waals surface area contributed by atoms with Crippen molar-refractivity contribution < 1.29 is 73.4 Å². The predicted octanol–water partition coefficient (Wildman–Crippen LogP) is 2.50. The van der Waals surface area contributed by atoms with Crippen LogP contribution in [0, 0.1) is 44.8 Å². The van der Waals surface area contributed by atoms with Crippen LogP contribution in [0.3, 0.4) is 0 Å². The van der Waals surface area contributed by atoms with Gasteiger partial charge in [0.2, 0.25) is 0 Å². The Morgan fingerprint density at radius 1 is 0.695 bits per heavy atom. The molecule has 336 valence electrons. The molecule has 0 radical (unpaired) electrons. The second-order valence-corrected chi connectivity index (χ2v) is 21.8. The molecule has 0 aromatic rings. The molecule has 0 bridgehead atoms. The summed E-state index contributed by atoms with van der Waals surface area (Å²) in [6, 6.07) is 0. The van der Waals surface area contributed by atoms with E-state index in [-0.39, 0.29) is 58.7 Å². The molecule has 0 unspecified atom stereocenters. The highest BCUT2D eigenvalue weighted by molar-refractivity contribution is 5.67. The number of aliphatic hydroxyl groups is 6. The number of aliphatic hydroxyl groups excluding tert-OH is 5. The van der Waals surface area contributed by atoms with E-state index >= 15 is 0 Å². The molecular weight excluding hydrogens is 768 g/mol. The van der Waals surface area contributed by atoms with Gasteiger partial charge in [0.25, 0.3) is 0 Å². The van der Waals surface area contributed by atoms with Gasteiger partial charge in [0.05, 0.1) is 48.8 Å². The number of rotatable bonds is 8. The molecule has 20 atom stereocenters. The van der Waals surface area contributed by atoms with Crippen LogP contribution in [0.5, 0.6) is 0 Å². The Balaban J connectivity index is 1.13. The zero-order chi connectivity index (χ0) is 43.0. The third kappa shape index (κ3) is 6.60.